The van der Waals surface area contributed by atoms with Crippen LogP contribution in [0.15, 0.2) is 30.0 Å². The first kappa shape index (κ1) is 10.2. The van der Waals surface area contributed by atoms with Gasteiger partial charge < -0.3 is 10.6 Å². The van der Waals surface area contributed by atoms with E-state index < -0.39 is 0 Å². The van der Waals surface area contributed by atoms with Gasteiger partial charge in [0, 0.05) is 19.3 Å². The molecule has 0 aromatic carbocycles. The summed E-state index contributed by atoms with van der Waals surface area (Å²) < 4.78 is 0. The van der Waals surface area contributed by atoms with Gasteiger partial charge in [-0.3, -0.25) is 0 Å². The third kappa shape index (κ3) is 3.06. The van der Waals surface area contributed by atoms with Gasteiger partial charge in [0.05, 0.1) is 0 Å². The maximum Gasteiger partial charge on any atom is 0.126 e. The van der Waals surface area contributed by atoms with Gasteiger partial charge in [-0.2, -0.15) is 0 Å². The Morgan fingerprint density at radius 1 is 1.53 bits per heavy atom. The maximum absolute atomic E-state index is 4.27. The van der Waals surface area contributed by atoms with Crippen molar-refractivity contribution in [1.82, 2.24) is 10.3 Å². The van der Waals surface area contributed by atoms with Crippen molar-refractivity contribution in [3.8, 4) is 0 Å². The van der Waals surface area contributed by atoms with Crippen LogP contribution in [0.25, 0.3) is 0 Å². The smallest absolute Gasteiger partial charge is 0.126 e. The lowest BCUT2D eigenvalue weighted by Crippen LogP contribution is -2.23. The lowest BCUT2D eigenvalue weighted by Gasteiger charge is -2.14. The summed E-state index contributed by atoms with van der Waals surface area (Å²) >= 11 is 0. The first-order valence-corrected chi connectivity index (χ1v) is 5.40. The summed E-state index contributed by atoms with van der Waals surface area (Å²) in [5.41, 5.74) is 2.71. The number of hydrogen-bond acceptors (Lipinski definition) is 3. The monoisotopic (exact) mass is 203 g/mol. The van der Waals surface area contributed by atoms with Gasteiger partial charge in [-0.1, -0.05) is 11.6 Å². The molecule has 0 saturated heterocycles. The highest BCUT2D eigenvalue weighted by Gasteiger charge is 2.02. The molecule has 0 spiro atoms. The molecule has 1 aliphatic rings. The summed E-state index contributed by atoms with van der Waals surface area (Å²) in [6, 6.07) is 4.08. The Kier molecular flexibility index (Phi) is 3.35. The van der Waals surface area contributed by atoms with E-state index in [0.717, 1.165) is 31.9 Å². The van der Waals surface area contributed by atoms with Gasteiger partial charge in [-0.25, -0.2) is 4.98 Å². The van der Waals surface area contributed by atoms with Crippen molar-refractivity contribution in [3.05, 3.63) is 35.5 Å². The van der Waals surface area contributed by atoms with Crippen LogP contribution in [-0.2, 0) is 0 Å². The van der Waals surface area contributed by atoms with Gasteiger partial charge in [0.2, 0.25) is 0 Å². The zero-order valence-electron chi connectivity index (χ0n) is 9.09. The van der Waals surface area contributed by atoms with Crippen molar-refractivity contribution < 1.29 is 0 Å². The Bertz CT molecular complexity index is 358. The van der Waals surface area contributed by atoms with E-state index in [9.17, 15) is 0 Å². The first-order chi connectivity index (χ1) is 7.34. The van der Waals surface area contributed by atoms with Crippen molar-refractivity contribution >= 4 is 5.82 Å². The van der Waals surface area contributed by atoms with E-state index in [4.69, 9.17) is 0 Å². The molecule has 1 aliphatic heterocycles. The van der Waals surface area contributed by atoms with Crippen LogP contribution < -0.4 is 10.6 Å². The van der Waals surface area contributed by atoms with Crippen LogP contribution in [0.3, 0.4) is 0 Å². The number of aromatic nitrogens is 1. The maximum atomic E-state index is 4.27. The average molecular weight is 203 g/mol. The fourth-order valence-corrected chi connectivity index (χ4v) is 1.67. The molecule has 1 aromatic heterocycles. The van der Waals surface area contributed by atoms with Crippen LogP contribution in [0, 0.1) is 6.92 Å². The molecule has 3 heteroatoms. The third-order valence-electron chi connectivity index (χ3n) is 2.57. The molecular weight excluding hydrogens is 186 g/mol. The molecule has 0 amide bonds. The number of pyridine rings is 1. The third-order valence-corrected chi connectivity index (χ3v) is 2.57. The molecule has 0 fully saturated rings. The van der Waals surface area contributed by atoms with E-state index in [-0.39, 0.29) is 0 Å². The van der Waals surface area contributed by atoms with Crippen molar-refractivity contribution in [1.29, 1.82) is 0 Å². The topological polar surface area (TPSA) is 37.0 Å². The van der Waals surface area contributed by atoms with Crippen molar-refractivity contribution in [2.45, 2.75) is 13.3 Å². The number of hydrogen-bond donors (Lipinski definition) is 2. The summed E-state index contributed by atoms with van der Waals surface area (Å²) in [5, 5.41) is 6.65. The highest BCUT2D eigenvalue weighted by atomic mass is 15.0. The molecule has 2 N–H and O–H groups in total. The SMILES string of the molecule is Cc1ccnc(NCC2=CCNCC2)c1. The van der Waals surface area contributed by atoms with Crippen LogP contribution in [0.2, 0.25) is 0 Å². The fraction of sp³-hybridized carbons (Fsp3) is 0.417. The van der Waals surface area contributed by atoms with Gasteiger partial charge in [0.15, 0.2) is 0 Å². The summed E-state index contributed by atoms with van der Waals surface area (Å²) in [4.78, 5) is 4.27. The number of anilines is 1. The first-order valence-electron chi connectivity index (χ1n) is 5.40. The molecule has 2 rings (SSSR count). The van der Waals surface area contributed by atoms with Gasteiger partial charge in [0.25, 0.3) is 0 Å². The summed E-state index contributed by atoms with van der Waals surface area (Å²) in [6.45, 7) is 5.09. The highest BCUT2D eigenvalue weighted by molar-refractivity contribution is 5.38. The molecule has 0 unspecified atom stereocenters. The van der Waals surface area contributed by atoms with Gasteiger partial charge in [-0.05, 0) is 37.6 Å². The lowest BCUT2D eigenvalue weighted by molar-refractivity contribution is 0.697. The molecular formula is C12H17N3. The molecule has 0 aliphatic carbocycles. The lowest BCUT2D eigenvalue weighted by atomic mass is 10.1. The van der Waals surface area contributed by atoms with E-state index in [1.807, 2.05) is 12.3 Å². The molecule has 15 heavy (non-hydrogen) atoms. The Labute approximate surface area is 90.6 Å². The van der Waals surface area contributed by atoms with E-state index >= 15 is 0 Å². The van der Waals surface area contributed by atoms with Crippen LogP contribution in [0.1, 0.15) is 12.0 Å². The zero-order valence-corrected chi connectivity index (χ0v) is 9.09. The molecule has 0 radical (unpaired) electrons. The summed E-state index contributed by atoms with van der Waals surface area (Å²) in [6.07, 6.45) is 5.24. The Hall–Kier alpha value is -1.35. The second-order valence-corrected chi connectivity index (χ2v) is 3.89. The largest absolute Gasteiger partial charge is 0.366 e. The van der Waals surface area contributed by atoms with Gasteiger partial charge >= 0.3 is 0 Å². The average Bonchev–Trinajstić information content (AvgIpc) is 2.28. The zero-order chi connectivity index (χ0) is 10.5. The Morgan fingerprint density at radius 2 is 2.47 bits per heavy atom. The predicted molar refractivity (Wildman–Crippen MR) is 63.0 cm³/mol. The van der Waals surface area contributed by atoms with E-state index in [2.05, 4.69) is 34.7 Å². The molecule has 3 nitrogen and oxygen atoms in total. The Balaban J connectivity index is 1.90. The van der Waals surface area contributed by atoms with Crippen LogP contribution >= 0.6 is 0 Å². The predicted octanol–water partition coefficient (Wildman–Crippen LogP) is 1.72. The van der Waals surface area contributed by atoms with Crippen LogP contribution in [0.4, 0.5) is 5.82 Å². The number of nitrogens with zero attached hydrogens (tertiary/aromatic N) is 1. The van der Waals surface area contributed by atoms with Crippen molar-refractivity contribution in [3.63, 3.8) is 0 Å². The van der Waals surface area contributed by atoms with E-state index in [1.165, 1.54) is 11.1 Å². The number of nitrogens with one attached hydrogen (secondary N) is 2. The van der Waals surface area contributed by atoms with Crippen LogP contribution in [-0.4, -0.2) is 24.6 Å². The summed E-state index contributed by atoms with van der Waals surface area (Å²) in [7, 11) is 0. The molecule has 80 valence electrons. The van der Waals surface area contributed by atoms with Crippen LogP contribution in [0.5, 0.6) is 0 Å². The van der Waals surface area contributed by atoms with Gasteiger partial charge in [-0.15, -0.1) is 0 Å². The minimum absolute atomic E-state index is 0.915. The number of aryl methyl sites for hydroxylation is 1. The fourth-order valence-electron chi connectivity index (χ4n) is 1.67. The van der Waals surface area contributed by atoms with Crippen molar-refractivity contribution in [2.24, 2.45) is 0 Å². The standard InChI is InChI=1S/C12H17N3/c1-10-2-7-14-12(8-10)15-9-11-3-5-13-6-4-11/h2-3,7-8,13H,4-6,9H2,1H3,(H,14,15). The van der Waals surface area contributed by atoms with Gasteiger partial charge in [0.1, 0.15) is 5.82 Å². The van der Waals surface area contributed by atoms with E-state index in [0.29, 0.717) is 0 Å². The molecule has 0 saturated carbocycles. The Morgan fingerprint density at radius 3 is 3.20 bits per heavy atom. The second-order valence-electron chi connectivity index (χ2n) is 3.89. The minimum atomic E-state index is 0.915. The number of rotatable bonds is 3. The molecule has 0 bridgehead atoms. The second kappa shape index (κ2) is 4.94. The van der Waals surface area contributed by atoms with E-state index in [1.54, 1.807) is 0 Å². The quantitative estimate of drug-likeness (QED) is 0.734. The molecule has 2 heterocycles. The van der Waals surface area contributed by atoms with Crippen molar-refractivity contribution in [2.75, 3.05) is 25.0 Å². The highest BCUT2D eigenvalue weighted by Crippen LogP contribution is 2.08. The molecule has 0 atom stereocenters. The summed E-state index contributed by atoms with van der Waals surface area (Å²) in [5.74, 6) is 0.967. The minimum Gasteiger partial charge on any atom is -0.366 e. The normalized spacial score (nSPS) is 15.9. The molecule has 1 aromatic rings.